The van der Waals surface area contributed by atoms with Crippen LogP contribution in [0.1, 0.15) is 42.4 Å². The van der Waals surface area contributed by atoms with Crippen LogP contribution in [0.4, 0.5) is 0 Å². The number of amides is 1. The van der Waals surface area contributed by atoms with Crippen molar-refractivity contribution in [1.82, 2.24) is 14.7 Å². The summed E-state index contributed by atoms with van der Waals surface area (Å²) in [6.07, 6.45) is 5.02. The van der Waals surface area contributed by atoms with Gasteiger partial charge in [0.05, 0.1) is 12.3 Å². The number of carbonyl (C=O) groups excluding carboxylic acids is 1. The van der Waals surface area contributed by atoms with Crippen LogP contribution in [0.5, 0.6) is 5.75 Å². The SMILES string of the molecule is CCOc1cccn2c(C(=O)NCCC3CCOCC3)c(C)nc12. The maximum atomic E-state index is 12.6. The minimum Gasteiger partial charge on any atom is -0.490 e. The number of pyridine rings is 1. The molecule has 0 spiro atoms. The molecule has 1 amide bonds. The molecular formula is C18H25N3O3. The van der Waals surface area contributed by atoms with E-state index in [-0.39, 0.29) is 5.91 Å². The van der Waals surface area contributed by atoms with Crippen LogP contribution in [0.3, 0.4) is 0 Å². The number of hydrogen-bond donors (Lipinski definition) is 1. The van der Waals surface area contributed by atoms with E-state index >= 15 is 0 Å². The van der Waals surface area contributed by atoms with Gasteiger partial charge in [-0.1, -0.05) is 0 Å². The standard InChI is InChI=1S/C18H25N3O3/c1-3-24-15-5-4-10-21-16(13(2)20-17(15)21)18(22)19-9-6-14-7-11-23-12-8-14/h4-5,10,14H,3,6-9,11-12H2,1-2H3,(H,19,22). The molecule has 0 unspecified atom stereocenters. The van der Waals surface area contributed by atoms with Crippen LogP contribution >= 0.6 is 0 Å². The Morgan fingerprint density at radius 1 is 1.46 bits per heavy atom. The van der Waals surface area contributed by atoms with Crippen molar-refractivity contribution < 1.29 is 14.3 Å². The Morgan fingerprint density at radius 3 is 3.00 bits per heavy atom. The van der Waals surface area contributed by atoms with E-state index < -0.39 is 0 Å². The Hall–Kier alpha value is -2.08. The number of aromatic nitrogens is 2. The van der Waals surface area contributed by atoms with Crippen LogP contribution < -0.4 is 10.1 Å². The van der Waals surface area contributed by atoms with Gasteiger partial charge in [0.25, 0.3) is 5.91 Å². The topological polar surface area (TPSA) is 64.9 Å². The molecule has 6 heteroatoms. The highest BCUT2D eigenvalue weighted by Crippen LogP contribution is 2.22. The van der Waals surface area contributed by atoms with Gasteiger partial charge in [-0.3, -0.25) is 9.20 Å². The fourth-order valence-corrected chi connectivity index (χ4v) is 3.21. The van der Waals surface area contributed by atoms with E-state index in [1.165, 1.54) is 0 Å². The molecule has 0 aliphatic carbocycles. The molecule has 3 heterocycles. The second kappa shape index (κ2) is 7.66. The zero-order valence-corrected chi connectivity index (χ0v) is 14.4. The van der Waals surface area contributed by atoms with Gasteiger partial charge in [0.1, 0.15) is 5.69 Å². The van der Waals surface area contributed by atoms with Crippen LogP contribution in [0.25, 0.3) is 5.65 Å². The average molecular weight is 331 g/mol. The first kappa shape index (κ1) is 16.8. The Balaban J connectivity index is 1.70. The Labute approximate surface area is 142 Å². The van der Waals surface area contributed by atoms with Crippen molar-refractivity contribution in [3.8, 4) is 5.75 Å². The largest absolute Gasteiger partial charge is 0.490 e. The molecule has 24 heavy (non-hydrogen) atoms. The van der Waals surface area contributed by atoms with Crippen molar-refractivity contribution in [2.24, 2.45) is 5.92 Å². The Bertz CT molecular complexity index is 705. The van der Waals surface area contributed by atoms with Gasteiger partial charge in [-0.25, -0.2) is 4.98 Å². The van der Waals surface area contributed by atoms with E-state index in [4.69, 9.17) is 9.47 Å². The van der Waals surface area contributed by atoms with Gasteiger partial charge in [0.15, 0.2) is 11.4 Å². The zero-order valence-electron chi connectivity index (χ0n) is 14.4. The van der Waals surface area contributed by atoms with Crippen molar-refractivity contribution in [2.75, 3.05) is 26.4 Å². The lowest BCUT2D eigenvalue weighted by molar-refractivity contribution is 0.0636. The maximum Gasteiger partial charge on any atom is 0.270 e. The first-order chi connectivity index (χ1) is 11.7. The van der Waals surface area contributed by atoms with Crippen molar-refractivity contribution in [2.45, 2.75) is 33.1 Å². The lowest BCUT2D eigenvalue weighted by Crippen LogP contribution is -2.29. The van der Waals surface area contributed by atoms with Crippen LogP contribution in [-0.2, 0) is 4.74 Å². The van der Waals surface area contributed by atoms with Crippen molar-refractivity contribution in [3.63, 3.8) is 0 Å². The second-order valence-corrected chi connectivity index (χ2v) is 6.15. The summed E-state index contributed by atoms with van der Waals surface area (Å²) >= 11 is 0. The van der Waals surface area contributed by atoms with E-state index in [0.29, 0.717) is 41.9 Å². The molecule has 2 aromatic heterocycles. The minimum atomic E-state index is -0.0827. The smallest absolute Gasteiger partial charge is 0.270 e. The number of imidazole rings is 1. The molecule has 6 nitrogen and oxygen atoms in total. The molecule has 130 valence electrons. The number of fused-ring (bicyclic) bond motifs is 1. The van der Waals surface area contributed by atoms with Gasteiger partial charge < -0.3 is 14.8 Å². The molecule has 0 atom stereocenters. The molecule has 1 saturated heterocycles. The van der Waals surface area contributed by atoms with Gasteiger partial charge in [0.2, 0.25) is 0 Å². The molecule has 1 fully saturated rings. The predicted molar refractivity (Wildman–Crippen MR) is 91.6 cm³/mol. The highest BCUT2D eigenvalue weighted by molar-refractivity contribution is 5.94. The van der Waals surface area contributed by atoms with Gasteiger partial charge >= 0.3 is 0 Å². The highest BCUT2D eigenvalue weighted by Gasteiger charge is 2.19. The monoisotopic (exact) mass is 331 g/mol. The maximum absolute atomic E-state index is 12.6. The molecule has 1 aliphatic heterocycles. The van der Waals surface area contributed by atoms with Gasteiger partial charge in [-0.15, -0.1) is 0 Å². The van der Waals surface area contributed by atoms with Crippen molar-refractivity contribution in [1.29, 1.82) is 0 Å². The molecule has 2 aromatic rings. The van der Waals surface area contributed by atoms with Crippen molar-refractivity contribution in [3.05, 3.63) is 29.7 Å². The molecular weight excluding hydrogens is 306 g/mol. The number of nitrogens with one attached hydrogen (secondary N) is 1. The average Bonchev–Trinajstić information content (AvgIpc) is 2.93. The summed E-state index contributed by atoms with van der Waals surface area (Å²) in [5.41, 5.74) is 1.98. The highest BCUT2D eigenvalue weighted by atomic mass is 16.5. The number of carbonyl (C=O) groups is 1. The van der Waals surface area contributed by atoms with Crippen LogP contribution in [0.15, 0.2) is 18.3 Å². The third-order valence-electron chi connectivity index (χ3n) is 4.48. The third-order valence-corrected chi connectivity index (χ3v) is 4.48. The lowest BCUT2D eigenvalue weighted by Gasteiger charge is -2.21. The molecule has 0 saturated carbocycles. The molecule has 1 aliphatic rings. The quantitative estimate of drug-likeness (QED) is 0.883. The normalized spacial score (nSPS) is 15.6. The van der Waals surface area contributed by atoms with Gasteiger partial charge in [0, 0.05) is 26.0 Å². The van der Waals surface area contributed by atoms with E-state index in [9.17, 15) is 4.79 Å². The first-order valence-corrected chi connectivity index (χ1v) is 8.67. The molecule has 0 bridgehead atoms. The zero-order chi connectivity index (χ0) is 16.9. The van der Waals surface area contributed by atoms with E-state index in [0.717, 1.165) is 32.5 Å². The summed E-state index contributed by atoms with van der Waals surface area (Å²) in [5, 5.41) is 3.04. The number of rotatable bonds is 6. The predicted octanol–water partition coefficient (Wildman–Crippen LogP) is 2.59. The summed E-state index contributed by atoms with van der Waals surface area (Å²) in [5.74, 6) is 1.26. The van der Waals surface area contributed by atoms with Crippen molar-refractivity contribution >= 4 is 11.6 Å². The molecule has 0 aromatic carbocycles. The number of ether oxygens (including phenoxy) is 2. The van der Waals surface area contributed by atoms with Crippen LogP contribution in [0.2, 0.25) is 0 Å². The van der Waals surface area contributed by atoms with Gasteiger partial charge in [-0.05, 0) is 51.2 Å². The summed E-state index contributed by atoms with van der Waals surface area (Å²) < 4.78 is 12.8. The summed E-state index contributed by atoms with van der Waals surface area (Å²) in [7, 11) is 0. The van der Waals surface area contributed by atoms with Gasteiger partial charge in [-0.2, -0.15) is 0 Å². The fraction of sp³-hybridized carbons (Fsp3) is 0.556. The number of nitrogens with zero attached hydrogens (tertiary/aromatic N) is 2. The minimum absolute atomic E-state index is 0.0827. The second-order valence-electron chi connectivity index (χ2n) is 6.15. The Kier molecular flexibility index (Phi) is 5.35. The first-order valence-electron chi connectivity index (χ1n) is 8.67. The van der Waals surface area contributed by atoms with Crippen LogP contribution in [-0.4, -0.2) is 41.7 Å². The van der Waals surface area contributed by atoms with Crippen LogP contribution in [0, 0.1) is 12.8 Å². The number of aryl methyl sites for hydroxylation is 1. The fourth-order valence-electron chi connectivity index (χ4n) is 3.21. The molecule has 3 rings (SSSR count). The molecule has 0 radical (unpaired) electrons. The Morgan fingerprint density at radius 2 is 2.25 bits per heavy atom. The summed E-state index contributed by atoms with van der Waals surface area (Å²) in [6.45, 7) is 6.72. The van der Waals surface area contributed by atoms with E-state index in [1.54, 1.807) is 0 Å². The molecule has 1 N–H and O–H groups in total. The van der Waals surface area contributed by atoms with E-state index in [1.807, 2.05) is 36.6 Å². The number of hydrogen-bond acceptors (Lipinski definition) is 4. The summed E-state index contributed by atoms with van der Waals surface area (Å²) in [4.78, 5) is 17.1. The third kappa shape index (κ3) is 3.53. The summed E-state index contributed by atoms with van der Waals surface area (Å²) in [6, 6.07) is 3.75. The van der Waals surface area contributed by atoms with E-state index in [2.05, 4.69) is 10.3 Å². The lowest BCUT2D eigenvalue weighted by atomic mass is 9.97.